The zero-order chi connectivity index (χ0) is 14.8. The number of halogens is 4. The average molecular weight is 340 g/mol. The molecule has 106 valence electrons. The van der Waals surface area contributed by atoms with E-state index in [2.05, 4.69) is 15.9 Å². The highest BCUT2D eigenvalue weighted by Crippen LogP contribution is 2.39. The number of non-ortho nitro benzene ring substituents is 1. The first-order valence-electron chi connectivity index (χ1n) is 5.68. The molecule has 0 radical (unpaired) electrons. The molecule has 0 heterocycles. The van der Waals surface area contributed by atoms with Gasteiger partial charge in [0.2, 0.25) is 0 Å². The number of nitro groups is 1. The third-order valence-corrected chi connectivity index (χ3v) is 4.42. The van der Waals surface area contributed by atoms with Gasteiger partial charge in [-0.2, -0.15) is 13.2 Å². The molecule has 0 aliphatic heterocycles. The van der Waals surface area contributed by atoms with Crippen LogP contribution in [-0.2, 0) is 6.18 Å². The lowest BCUT2D eigenvalue weighted by atomic mass is 9.91. The lowest BCUT2D eigenvalue weighted by Gasteiger charge is -2.21. The van der Waals surface area contributed by atoms with Gasteiger partial charge in [0.1, 0.15) is 0 Å². The van der Waals surface area contributed by atoms with Crippen LogP contribution in [0.3, 0.4) is 0 Å². The van der Waals surface area contributed by atoms with Crippen molar-refractivity contribution in [1.82, 2.24) is 0 Å². The van der Waals surface area contributed by atoms with Crippen LogP contribution in [0.15, 0.2) is 18.2 Å². The molecule has 7 heteroatoms. The van der Waals surface area contributed by atoms with Crippen molar-refractivity contribution >= 4 is 21.6 Å². The number of hydrogen-bond acceptors (Lipinski definition) is 2. The highest BCUT2D eigenvalue weighted by atomic mass is 79.9. The Morgan fingerprint density at radius 3 is 2.42 bits per heavy atom. The molecule has 0 aliphatic carbocycles. The number of benzene rings is 1. The maximum absolute atomic E-state index is 13.0. The summed E-state index contributed by atoms with van der Waals surface area (Å²) in [6.07, 6.45) is -3.94. The third-order valence-electron chi connectivity index (χ3n) is 2.98. The summed E-state index contributed by atoms with van der Waals surface area (Å²) < 4.78 is 38.9. The standard InChI is InChI=1S/C12H13BrF3NO2/c1-3-11(13)7(2)9-5-4-8(17(18)19)6-10(9)12(14,15)16/h4-7,11H,3H2,1-2H3. The lowest BCUT2D eigenvalue weighted by Crippen LogP contribution is -2.16. The zero-order valence-electron chi connectivity index (χ0n) is 10.4. The molecule has 0 saturated carbocycles. The van der Waals surface area contributed by atoms with Crippen LogP contribution in [0, 0.1) is 10.1 Å². The van der Waals surface area contributed by atoms with Crippen LogP contribution in [0.25, 0.3) is 0 Å². The highest BCUT2D eigenvalue weighted by molar-refractivity contribution is 9.09. The van der Waals surface area contributed by atoms with Crippen LogP contribution in [0.4, 0.5) is 18.9 Å². The molecule has 0 N–H and O–H groups in total. The van der Waals surface area contributed by atoms with Crippen molar-refractivity contribution in [2.75, 3.05) is 0 Å². The van der Waals surface area contributed by atoms with Crippen LogP contribution >= 0.6 is 15.9 Å². The second-order valence-electron chi connectivity index (χ2n) is 4.24. The molecule has 3 nitrogen and oxygen atoms in total. The van der Waals surface area contributed by atoms with E-state index >= 15 is 0 Å². The summed E-state index contributed by atoms with van der Waals surface area (Å²) >= 11 is 3.33. The van der Waals surface area contributed by atoms with E-state index in [9.17, 15) is 23.3 Å². The molecule has 0 bridgehead atoms. The SMILES string of the molecule is CCC(Br)C(C)c1ccc([N+](=O)[O-])cc1C(F)(F)F. The lowest BCUT2D eigenvalue weighted by molar-refractivity contribution is -0.385. The third kappa shape index (κ3) is 3.68. The second kappa shape index (κ2) is 5.90. The number of nitro benzene ring substituents is 1. The molecular formula is C12H13BrF3NO2. The van der Waals surface area contributed by atoms with E-state index in [-0.39, 0.29) is 16.3 Å². The summed E-state index contributed by atoms with van der Waals surface area (Å²) in [7, 11) is 0. The maximum atomic E-state index is 13.0. The Morgan fingerprint density at radius 2 is 2.00 bits per heavy atom. The van der Waals surface area contributed by atoms with Gasteiger partial charge in [-0.1, -0.05) is 35.8 Å². The predicted octanol–water partition coefficient (Wildman–Crippen LogP) is 4.89. The molecule has 0 amide bonds. The van der Waals surface area contributed by atoms with E-state index < -0.39 is 22.4 Å². The average Bonchev–Trinajstić information content (AvgIpc) is 2.35. The number of rotatable bonds is 4. The largest absolute Gasteiger partial charge is 0.416 e. The molecular weight excluding hydrogens is 327 g/mol. The van der Waals surface area contributed by atoms with Gasteiger partial charge in [0.25, 0.3) is 5.69 Å². The summed E-state index contributed by atoms with van der Waals surface area (Å²) in [4.78, 5) is 9.64. The van der Waals surface area contributed by atoms with Crippen LogP contribution in [0.1, 0.15) is 37.3 Å². The Bertz CT molecular complexity index is 477. The number of hydrogen-bond donors (Lipinski definition) is 0. The van der Waals surface area contributed by atoms with E-state index in [1.54, 1.807) is 6.92 Å². The Kier molecular flexibility index (Phi) is 4.95. The zero-order valence-corrected chi connectivity index (χ0v) is 12.0. The maximum Gasteiger partial charge on any atom is 0.416 e. The molecule has 2 unspecified atom stereocenters. The van der Waals surface area contributed by atoms with Crippen molar-refractivity contribution in [3.05, 3.63) is 39.4 Å². The number of alkyl halides is 4. The molecule has 0 aromatic heterocycles. The summed E-state index contributed by atoms with van der Waals surface area (Å²) in [6.45, 7) is 3.52. The molecule has 1 rings (SSSR count). The molecule has 0 saturated heterocycles. The van der Waals surface area contributed by atoms with E-state index in [0.717, 1.165) is 6.07 Å². The van der Waals surface area contributed by atoms with Crippen LogP contribution in [-0.4, -0.2) is 9.75 Å². The van der Waals surface area contributed by atoms with Crippen molar-refractivity contribution in [1.29, 1.82) is 0 Å². The van der Waals surface area contributed by atoms with Crippen molar-refractivity contribution in [2.24, 2.45) is 0 Å². The Morgan fingerprint density at radius 1 is 1.42 bits per heavy atom. The summed E-state index contributed by atoms with van der Waals surface area (Å²) in [5.41, 5.74) is -1.42. The minimum absolute atomic E-state index is 0.0711. The van der Waals surface area contributed by atoms with Crippen LogP contribution in [0.2, 0.25) is 0 Å². The summed E-state index contributed by atoms with van der Waals surface area (Å²) in [5.74, 6) is -0.387. The molecule has 0 fully saturated rings. The van der Waals surface area contributed by atoms with Gasteiger partial charge in [-0.05, 0) is 17.9 Å². The van der Waals surface area contributed by atoms with Crippen molar-refractivity contribution < 1.29 is 18.1 Å². The Labute approximate surface area is 117 Å². The first-order chi connectivity index (χ1) is 8.68. The second-order valence-corrected chi connectivity index (χ2v) is 5.42. The van der Waals surface area contributed by atoms with Gasteiger partial charge < -0.3 is 0 Å². The van der Waals surface area contributed by atoms with Gasteiger partial charge in [0.05, 0.1) is 10.5 Å². The van der Waals surface area contributed by atoms with Gasteiger partial charge in [-0.3, -0.25) is 10.1 Å². The quantitative estimate of drug-likeness (QED) is 0.445. The fraction of sp³-hybridized carbons (Fsp3) is 0.500. The normalized spacial score (nSPS) is 15.1. The van der Waals surface area contributed by atoms with Gasteiger partial charge in [-0.25, -0.2) is 0 Å². The van der Waals surface area contributed by atoms with E-state index in [0.29, 0.717) is 12.5 Å². The van der Waals surface area contributed by atoms with Crippen LogP contribution in [0.5, 0.6) is 0 Å². The van der Waals surface area contributed by atoms with E-state index in [1.807, 2.05) is 6.92 Å². The molecule has 2 atom stereocenters. The van der Waals surface area contributed by atoms with Crippen molar-refractivity contribution in [3.8, 4) is 0 Å². The highest BCUT2D eigenvalue weighted by Gasteiger charge is 2.36. The number of nitrogens with zero attached hydrogens (tertiary/aromatic N) is 1. The van der Waals surface area contributed by atoms with E-state index in [4.69, 9.17) is 0 Å². The van der Waals surface area contributed by atoms with Gasteiger partial charge in [0.15, 0.2) is 0 Å². The monoisotopic (exact) mass is 339 g/mol. The van der Waals surface area contributed by atoms with Gasteiger partial charge >= 0.3 is 6.18 Å². The predicted molar refractivity (Wildman–Crippen MR) is 69.5 cm³/mol. The van der Waals surface area contributed by atoms with E-state index in [1.165, 1.54) is 6.07 Å². The molecule has 19 heavy (non-hydrogen) atoms. The first kappa shape index (κ1) is 15.9. The first-order valence-corrected chi connectivity index (χ1v) is 6.59. The topological polar surface area (TPSA) is 43.1 Å². The molecule has 0 spiro atoms. The van der Waals surface area contributed by atoms with Crippen LogP contribution < -0.4 is 0 Å². The molecule has 0 aliphatic rings. The fourth-order valence-corrected chi connectivity index (χ4v) is 2.13. The Hall–Kier alpha value is -1.11. The minimum Gasteiger partial charge on any atom is -0.258 e. The minimum atomic E-state index is -4.60. The molecule has 1 aromatic rings. The summed E-state index contributed by atoms with van der Waals surface area (Å²) in [6, 6.07) is 2.90. The Balaban J connectivity index is 3.36. The van der Waals surface area contributed by atoms with Gasteiger partial charge in [-0.15, -0.1) is 0 Å². The molecule has 1 aromatic carbocycles. The summed E-state index contributed by atoms with van der Waals surface area (Å²) in [5, 5.41) is 10.6. The fourth-order valence-electron chi connectivity index (χ4n) is 1.85. The van der Waals surface area contributed by atoms with Crippen molar-refractivity contribution in [3.63, 3.8) is 0 Å². The smallest absolute Gasteiger partial charge is 0.258 e. The van der Waals surface area contributed by atoms with Gasteiger partial charge in [0, 0.05) is 17.0 Å². The van der Waals surface area contributed by atoms with Crippen molar-refractivity contribution in [2.45, 2.75) is 37.2 Å².